The maximum Gasteiger partial charge on any atom is 0.407 e. The molecule has 0 spiro atoms. The van der Waals surface area contributed by atoms with E-state index in [2.05, 4.69) is 28.2 Å². The third-order valence-electron chi connectivity index (χ3n) is 4.59. The molecule has 0 rings (SSSR count). The first-order chi connectivity index (χ1) is 12.3. The predicted octanol–water partition coefficient (Wildman–Crippen LogP) is 7.37. The molecule has 0 fully saturated rings. The van der Waals surface area contributed by atoms with Gasteiger partial charge in [0, 0.05) is 11.9 Å². The van der Waals surface area contributed by atoms with Crippen LogP contribution < -0.4 is 5.32 Å². The zero-order valence-electron chi connectivity index (χ0n) is 16.6. The van der Waals surface area contributed by atoms with Gasteiger partial charge in [-0.25, -0.2) is 4.79 Å². The molecule has 0 aromatic heterocycles. The molecule has 0 atom stereocenters. The lowest BCUT2D eigenvalue weighted by molar-refractivity contribution is 0.144. The molecule has 3 nitrogen and oxygen atoms in total. The number of halogens is 1. The van der Waals surface area contributed by atoms with Crippen LogP contribution in [-0.2, 0) is 4.74 Å². The van der Waals surface area contributed by atoms with Crippen molar-refractivity contribution >= 4 is 22.0 Å². The standard InChI is InChI=1S/C21H42BrNO2/c1-2-3-4-5-6-7-8-9-10-11-12-13-14-15-16-17-20-25-21(24)23-19-18-22/h2-20H2,1H3,(H,23,24). The van der Waals surface area contributed by atoms with E-state index in [9.17, 15) is 4.79 Å². The normalized spacial score (nSPS) is 10.8. The number of unbranched alkanes of at least 4 members (excludes halogenated alkanes) is 15. The van der Waals surface area contributed by atoms with Crippen molar-refractivity contribution in [2.45, 2.75) is 110 Å². The number of hydrogen-bond donors (Lipinski definition) is 1. The van der Waals surface area contributed by atoms with Gasteiger partial charge < -0.3 is 10.1 Å². The Balaban J connectivity index is 3.04. The van der Waals surface area contributed by atoms with Gasteiger partial charge in [-0.1, -0.05) is 119 Å². The number of rotatable bonds is 19. The number of alkyl halides is 1. The van der Waals surface area contributed by atoms with E-state index in [1.54, 1.807) is 0 Å². The van der Waals surface area contributed by atoms with Crippen molar-refractivity contribution in [1.29, 1.82) is 0 Å². The monoisotopic (exact) mass is 419 g/mol. The molecule has 0 bridgehead atoms. The van der Waals surface area contributed by atoms with E-state index >= 15 is 0 Å². The summed E-state index contributed by atoms with van der Waals surface area (Å²) < 4.78 is 5.09. The van der Waals surface area contributed by atoms with Gasteiger partial charge in [-0.05, 0) is 6.42 Å². The quantitative estimate of drug-likeness (QED) is 0.175. The lowest BCUT2D eigenvalue weighted by atomic mass is 10.0. The van der Waals surface area contributed by atoms with Crippen LogP contribution in [0.2, 0.25) is 0 Å². The van der Waals surface area contributed by atoms with E-state index < -0.39 is 0 Å². The molecular formula is C21H42BrNO2. The summed E-state index contributed by atoms with van der Waals surface area (Å²) in [6.07, 6.45) is 21.5. The molecule has 0 aliphatic rings. The van der Waals surface area contributed by atoms with Crippen LogP contribution in [0, 0.1) is 0 Å². The van der Waals surface area contributed by atoms with Crippen molar-refractivity contribution < 1.29 is 9.53 Å². The minimum absolute atomic E-state index is 0.291. The topological polar surface area (TPSA) is 38.3 Å². The predicted molar refractivity (Wildman–Crippen MR) is 113 cm³/mol. The maximum atomic E-state index is 11.2. The van der Waals surface area contributed by atoms with Crippen LogP contribution in [-0.4, -0.2) is 24.6 Å². The fraction of sp³-hybridized carbons (Fsp3) is 0.952. The third-order valence-corrected chi connectivity index (χ3v) is 4.99. The Morgan fingerprint density at radius 1 is 0.720 bits per heavy atom. The number of amides is 1. The Morgan fingerprint density at radius 3 is 1.52 bits per heavy atom. The molecule has 150 valence electrons. The van der Waals surface area contributed by atoms with Gasteiger partial charge in [0.05, 0.1) is 6.61 Å². The second-order valence-corrected chi connectivity index (χ2v) is 7.85. The van der Waals surface area contributed by atoms with Crippen LogP contribution in [0.5, 0.6) is 0 Å². The van der Waals surface area contributed by atoms with E-state index in [4.69, 9.17) is 4.74 Å². The zero-order chi connectivity index (χ0) is 18.4. The lowest BCUT2D eigenvalue weighted by Gasteiger charge is -2.06. The number of nitrogens with one attached hydrogen (secondary N) is 1. The minimum Gasteiger partial charge on any atom is -0.450 e. The van der Waals surface area contributed by atoms with Crippen molar-refractivity contribution in [3.05, 3.63) is 0 Å². The second kappa shape index (κ2) is 21.8. The summed E-state index contributed by atoms with van der Waals surface area (Å²) in [6.45, 7) is 3.45. The fourth-order valence-corrected chi connectivity index (χ4v) is 3.21. The molecule has 0 aromatic rings. The first-order valence-electron chi connectivity index (χ1n) is 10.8. The molecule has 0 aliphatic carbocycles. The van der Waals surface area contributed by atoms with E-state index in [0.29, 0.717) is 13.2 Å². The highest BCUT2D eigenvalue weighted by Gasteiger charge is 1.99. The van der Waals surface area contributed by atoms with Gasteiger partial charge in [0.25, 0.3) is 0 Å². The van der Waals surface area contributed by atoms with Crippen LogP contribution in [0.4, 0.5) is 4.79 Å². The van der Waals surface area contributed by atoms with Crippen molar-refractivity contribution in [1.82, 2.24) is 5.32 Å². The molecule has 0 aromatic carbocycles. The second-order valence-electron chi connectivity index (χ2n) is 7.05. The number of carbonyl (C=O) groups excluding carboxylic acids is 1. The Labute approximate surface area is 165 Å². The SMILES string of the molecule is CCCCCCCCCCCCCCCCCCOC(=O)NCCBr. The first-order valence-corrected chi connectivity index (χ1v) is 11.9. The number of ether oxygens (including phenoxy) is 1. The summed E-state index contributed by atoms with van der Waals surface area (Å²) in [6, 6.07) is 0. The summed E-state index contributed by atoms with van der Waals surface area (Å²) in [5, 5.41) is 3.44. The molecule has 4 heteroatoms. The molecule has 0 aliphatic heterocycles. The van der Waals surface area contributed by atoms with Crippen molar-refractivity contribution in [2.75, 3.05) is 18.5 Å². The maximum absolute atomic E-state index is 11.2. The smallest absolute Gasteiger partial charge is 0.407 e. The number of carbonyl (C=O) groups is 1. The van der Waals surface area contributed by atoms with Gasteiger partial charge in [0.15, 0.2) is 0 Å². The molecule has 1 N–H and O–H groups in total. The summed E-state index contributed by atoms with van der Waals surface area (Å²) in [4.78, 5) is 11.2. The molecule has 0 saturated carbocycles. The van der Waals surface area contributed by atoms with E-state index in [1.807, 2.05) is 0 Å². The van der Waals surface area contributed by atoms with Crippen molar-refractivity contribution in [2.24, 2.45) is 0 Å². The average molecular weight is 420 g/mol. The van der Waals surface area contributed by atoms with Gasteiger partial charge in [-0.2, -0.15) is 0 Å². The van der Waals surface area contributed by atoms with E-state index in [1.165, 1.54) is 96.3 Å². The highest BCUT2D eigenvalue weighted by Crippen LogP contribution is 2.13. The lowest BCUT2D eigenvalue weighted by Crippen LogP contribution is -2.26. The van der Waals surface area contributed by atoms with Crippen LogP contribution >= 0.6 is 15.9 Å². The van der Waals surface area contributed by atoms with Gasteiger partial charge in [-0.3, -0.25) is 0 Å². The van der Waals surface area contributed by atoms with Crippen molar-refractivity contribution in [3.63, 3.8) is 0 Å². The summed E-state index contributed by atoms with van der Waals surface area (Å²) in [5.41, 5.74) is 0. The molecule has 25 heavy (non-hydrogen) atoms. The number of alkyl carbamates (subject to hydrolysis) is 1. The van der Waals surface area contributed by atoms with Gasteiger partial charge in [0.1, 0.15) is 0 Å². The Kier molecular flexibility index (Phi) is 21.6. The fourth-order valence-electron chi connectivity index (χ4n) is 3.02. The first kappa shape index (κ1) is 24.8. The summed E-state index contributed by atoms with van der Waals surface area (Å²) in [7, 11) is 0. The van der Waals surface area contributed by atoms with Crippen molar-refractivity contribution in [3.8, 4) is 0 Å². The Bertz CT molecular complexity index is 275. The summed E-state index contributed by atoms with van der Waals surface area (Å²) in [5.74, 6) is 0. The molecular weight excluding hydrogens is 378 g/mol. The largest absolute Gasteiger partial charge is 0.450 e. The van der Waals surface area contributed by atoms with Crippen LogP contribution in [0.1, 0.15) is 110 Å². The average Bonchev–Trinajstić information content (AvgIpc) is 2.62. The highest BCUT2D eigenvalue weighted by molar-refractivity contribution is 9.09. The van der Waals surface area contributed by atoms with E-state index in [0.717, 1.165) is 11.8 Å². The van der Waals surface area contributed by atoms with Gasteiger partial charge in [0.2, 0.25) is 0 Å². The molecule has 0 radical (unpaired) electrons. The highest BCUT2D eigenvalue weighted by atomic mass is 79.9. The zero-order valence-corrected chi connectivity index (χ0v) is 18.2. The molecule has 1 amide bonds. The summed E-state index contributed by atoms with van der Waals surface area (Å²) >= 11 is 3.26. The molecule has 0 unspecified atom stereocenters. The molecule has 0 heterocycles. The molecule has 0 saturated heterocycles. The van der Waals surface area contributed by atoms with E-state index in [-0.39, 0.29) is 6.09 Å². The number of hydrogen-bond acceptors (Lipinski definition) is 2. The Hall–Kier alpha value is -0.250. The van der Waals surface area contributed by atoms with Crippen LogP contribution in [0.15, 0.2) is 0 Å². The van der Waals surface area contributed by atoms with Gasteiger partial charge >= 0.3 is 6.09 Å². The van der Waals surface area contributed by atoms with Crippen LogP contribution in [0.25, 0.3) is 0 Å². The third kappa shape index (κ3) is 21.7. The van der Waals surface area contributed by atoms with Crippen LogP contribution in [0.3, 0.4) is 0 Å². The minimum atomic E-state index is -0.291. The van der Waals surface area contributed by atoms with Gasteiger partial charge in [-0.15, -0.1) is 0 Å². The Morgan fingerprint density at radius 2 is 1.12 bits per heavy atom.